The largest absolute Gasteiger partial charge is 0.469 e. The average molecular weight is 386 g/mol. The van der Waals surface area contributed by atoms with Crippen LogP contribution in [0.4, 0.5) is 4.39 Å². The summed E-state index contributed by atoms with van der Waals surface area (Å²) < 4.78 is 19.4. The van der Waals surface area contributed by atoms with Crippen LogP contribution in [0.5, 0.6) is 0 Å². The number of esters is 1. The summed E-state index contributed by atoms with van der Waals surface area (Å²) in [7, 11) is 3.12. The second-order valence-electron chi connectivity index (χ2n) is 5.42. The quantitative estimate of drug-likeness (QED) is 0.493. The molecule has 0 saturated carbocycles. The van der Waals surface area contributed by atoms with Crippen molar-refractivity contribution in [1.29, 1.82) is 0 Å². The lowest BCUT2D eigenvalue weighted by Crippen LogP contribution is -2.46. The Morgan fingerprint density at radius 2 is 2.17 bits per heavy atom. The molecule has 0 aromatic heterocycles. The Bertz CT molecular complexity index is 587. The van der Waals surface area contributed by atoms with Crippen molar-refractivity contribution in [2.45, 2.75) is 19.4 Å². The number of carbonyl (C=O) groups excluding carboxylic acids is 1. The second-order valence-corrected chi connectivity index (χ2v) is 6.34. The Morgan fingerprint density at radius 3 is 2.78 bits per heavy atom. The van der Waals surface area contributed by atoms with Crippen LogP contribution >= 0.6 is 15.9 Å². The predicted octanol–water partition coefficient (Wildman–Crippen LogP) is 2.55. The molecule has 5 nitrogen and oxygen atoms in total. The van der Waals surface area contributed by atoms with Gasteiger partial charge in [0.15, 0.2) is 5.96 Å². The van der Waals surface area contributed by atoms with E-state index in [9.17, 15) is 9.18 Å². The molecule has 0 aliphatic carbocycles. The highest BCUT2D eigenvalue weighted by Gasteiger charge is 2.26. The summed E-state index contributed by atoms with van der Waals surface area (Å²) in [5, 5.41) is 3.18. The third-order valence-corrected chi connectivity index (χ3v) is 4.48. The molecule has 1 aromatic rings. The lowest BCUT2D eigenvalue weighted by molar-refractivity contribution is -0.146. The maximum Gasteiger partial charge on any atom is 0.308 e. The molecule has 0 atom stereocenters. The van der Waals surface area contributed by atoms with Crippen molar-refractivity contribution in [3.8, 4) is 0 Å². The molecular formula is C16H21BrFN3O2. The Hall–Kier alpha value is -1.63. The minimum Gasteiger partial charge on any atom is -0.469 e. The summed E-state index contributed by atoms with van der Waals surface area (Å²) in [4.78, 5) is 17.9. The van der Waals surface area contributed by atoms with Crippen LogP contribution in [0.3, 0.4) is 0 Å². The van der Waals surface area contributed by atoms with Gasteiger partial charge in [0.2, 0.25) is 0 Å². The van der Waals surface area contributed by atoms with Gasteiger partial charge in [-0.15, -0.1) is 0 Å². The van der Waals surface area contributed by atoms with Crippen LogP contribution in [0.15, 0.2) is 27.7 Å². The van der Waals surface area contributed by atoms with Crippen LogP contribution in [0.1, 0.15) is 18.4 Å². The SMILES string of the molecule is CN=C(NCc1cc(Br)ccc1F)N1CCC(C(=O)OC)CC1. The first kappa shape index (κ1) is 17.7. The van der Waals surface area contributed by atoms with E-state index in [1.807, 2.05) is 0 Å². The number of aliphatic imine (C=N–C) groups is 1. The van der Waals surface area contributed by atoms with E-state index in [0.29, 0.717) is 18.1 Å². The number of likely N-dealkylation sites (tertiary alicyclic amines) is 1. The van der Waals surface area contributed by atoms with E-state index in [1.165, 1.54) is 13.2 Å². The lowest BCUT2D eigenvalue weighted by atomic mass is 9.97. The van der Waals surface area contributed by atoms with Crippen LogP contribution in [-0.4, -0.2) is 44.1 Å². The summed E-state index contributed by atoms with van der Waals surface area (Å²) >= 11 is 3.35. The Labute approximate surface area is 144 Å². The van der Waals surface area contributed by atoms with Gasteiger partial charge in [0.25, 0.3) is 0 Å². The Balaban J connectivity index is 1.92. The van der Waals surface area contributed by atoms with Crippen molar-refractivity contribution < 1.29 is 13.9 Å². The van der Waals surface area contributed by atoms with E-state index in [1.54, 1.807) is 19.2 Å². The molecule has 23 heavy (non-hydrogen) atoms. The molecule has 1 saturated heterocycles. The summed E-state index contributed by atoms with van der Waals surface area (Å²) in [6.45, 7) is 1.80. The molecule has 1 aromatic carbocycles. The average Bonchev–Trinajstić information content (AvgIpc) is 2.58. The molecule has 0 spiro atoms. The Morgan fingerprint density at radius 1 is 1.48 bits per heavy atom. The maximum atomic E-state index is 13.8. The van der Waals surface area contributed by atoms with Gasteiger partial charge in [-0.25, -0.2) is 4.39 Å². The Kier molecular flexibility index (Phi) is 6.38. The molecular weight excluding hydrogens is 365 g/mol. The van der Waals surface area contributed by atoms with Gasteiger partial charge in [-0.3, -0.25) is 9.79 Å². The minimum absolute atomic E-state index is 0.0446. The monoisotopic (exact) mass is 385 g/mol. The van der Waals surface area contributed by atoms with Crippen LogP contribution in [-0.2, 0) is 16.1 Å². The van der Waals surface area contributed by atoms with Crippen molar-refractivity contribution in [3.05, 3.63) is 34.1 Å². The number of hydrogen-bond acceptors (Lipinski definition) is 3. The molecule has 1 heterocycles. The van der Waals surface area contributed by atoms with Crippen LogP contribution < -0.4 is 5.32 Å². The summed E-state index contributed by atoms with van der Waals surface area (Å²) in [6, 6.07) is 4.86. The topological polar surface area (TPSA) is 53.9 Å². The first-order valence-corrected chi connectivity index (χ1v) is 8.31. The number of hydrogen-bond donors (Lipinski definition) is 1. The zero-order valence-electron chi connectivity index (χ0n) is 13.3. The highest BCUT2D eigenvalue weighted by atomic mass is 79.9. The molecule has 0 amide bonds. The number of nitrogens with one attached hydrogen (secondary N) is 1. The number of piperidine rings is 1. The van der Waals surface area contributed by atoms with Crippen LogP contribution in [0, 0.1) is 11.7 Å². The van der Waals surface area contributed by atoms with Gasteiger partial charge in [0, 0.05) is 36.7 Å². The summed E-state index contributed by atoms with van der Waals surface area (Å²) in [5.41, 5.74) is 0.574. The standard InChI is InChI=1S/C16H21BrFN3O2/c1-19-16(20-10-12-9-13(17)3-4-14(12)18)21-7-5-11(6-8-21)15(22)23-2/h3-4,9,11H,5-8,10H2,1-2H3,(H,19,20). The zero-order chi connectivity index (χ0) is 16.8. The zero-order valence-corrected chi connectivity index (χ0v) is 14.9. The molecule has 0 radical (unpaired) electrons. The van der Waals surface area contributed by atoms with E-state index in [2.05, 4.69) is 31.1 Å². The fourth-order valence-corrected chi connectivity index (χ4v) is 3.09. The number of carbonyl (C=O) groups is 1. The number of nitrogens with zero attached hydrogens (tertiary/aromatic N) is 2. The van der Waals surface area contributed by atoms with Crippen molar-refractivity contribution in [2.24, 2.45) is 10.9 Å². The molecule has 7 heteroatoms. The summed E-state index contributed by atoms with van der Waals surface area (Å²) in [5.74, 6) is 0.272. The highest BCUT2D eigenvalue weighted by molar-refractivity contribution is 9.10. The van der Waals surface area contributed by atoms with Crippen LogP contribution in [0.2, 0.25) is 0 Å². The van der Waals surface area contributed by atoms with Gasteiger partial charge >= 0.3 is 5.97 Å². The van der Waals surface area contributed by atoms with E-state index in [-0.39, 0.29) is 17.7 Å². The lowest BCUT2D eigenvalue weighted by Gasteiger charge is -2.33. The fourth-order valence-electron chi connectivity index (χ4n) is 2.68. The number of methoxy groups -OCH3 is 1. The molecule has 0 unspecified atom stereocenters. The number of halogens is 2. The van der Waals surface area contributed by atoms with Crippen molar-refractivity contribution in [3.63, 3.8) is 0 Å². The molecule has 0 bridgehead atoms. The fraction of sp³-hybridized carbons (Fsp3) is 0.500. The van der Waals surface area contributed by atoms with Gasteiger partial charge in [0.1, 0.15) is 5.82 Å². The van der Waals surface area contributed by atoms with Crippen molar-refractivity contribution in [2.75, 3.05) is 27.2 Å². The normalized spacial score (nSPS) is 16.3. The number of rotatable bonds is 3. The highest BCUT2D eigenvalue weighted by Crippen LogP contribution is 2.19. The smallest absolute Gasteiger partial charge is 0.308 e. The number of guanidine groups is 1. The van der Waals surface area contributed by atoms with Gasteiger partial charge in [-0.2, -0.15) is 0 Å². The third-order valence-electron chi connectivity index (χ3n) is 3.99. The van der Waals surface area contributed by atoms with Gasteiger partial charge in [-0.05, 0) is 31.0 Å². The minimum atomic E-state index is -0.249. The third kappa shape index (κ3) is 4.67. The molecule has 1 aliphatic rings. The summed E-state index contributed by atoms with van der Waals surface area (Å²) in [6.07, 6.45) is 1.47. The van der Waals surface area contributed by atoms with Crippen molar-refractivity contribution in [1.82, 2.24) is 10.2 Å². The van der Waals surface area contributed by atoms with Gasteiger partial charge in [0.05, 0.1) is 13.0 Å². The first-order valence-electron chi connectivity index (χ1n) is 7.52. The van der Waals surface area contributed by atoms with Gasteiger partial charge in [-0.1, -0.05) is 15.9 Å². The number of ether oxygens (including phenoxy) is 1. The van der Waals surface area contributed by atoms with E-state index >= 15 is 0 Å². The molecule has 1 N–H and O–H groups in total. The maximum absolute atomic E-state index is 13.8. The van der Waals surface area contributed by atoms with E-state index in [4.69, 9.17) is 4.74 Å². The molecule has 126 valence electrons. The predicted molar refractivity (Wildman–Crippen MR) is 90.6 cm³/mol. The second kappa shape index (κ2) is 8.29. The number of benzene rings is 1. The van der Waals surface area contributed by atoms with E-state index in [0.717, 1.165) is 30.4 Å². The van der Waals surface area contributed by atoms with Gasteiger partial charge < -0.3 is 15.0 Å². The molecule has 2 rings (SSSR count). The first-order chi connectivity index (χ1) is 11.0. The van der Waals surface area contributed by atoms with Crippen molar-refractivity contribution >= 4 is 27.9 Å². The molecule has 1 fully saturated rings. The van der Waals surface area contributed by atoms with Crippen LogP contribution in [0.25, 0.3) is 0 Å². The van der Waals surface area contributed by atoms with E-state index < -0.39 is 0 Å². The molecule has 1 aliphatic heterocycles.